The van der Waals surface area contributed by atoms with E-state index in [1.54, 1.807) is 6.20 Å². The highest BCUT2D eigenvalue weighted by atomic mass is 19.3. The standard InChI is InChI=1S/C15H19F2N3/c1-12-14(10-19-20(12)11-15(16)17)9-18-8-7-13-5-3-2-4-6-13/h2-6,10,15,18H,7-9,11H2,1H3. The summed E-state index contributed by atoms with van der Waals surface area (Å²) in [5, 5.41) is 7.31. The third kappa shape index (κ3) is 4.13. The molecule has 0 atom stereocenters. The molecular formula is C15H19F2N3. The van der Waals surface area contributed by atoms with Gasteiger partial charge >= 0.3 is 0 Å². The molecule has 1 heterocycles. The number of benzene rings is 1. The van der Waals surface area contributed by atoms with Gasteiger partial charge in [-0.1, -0.05) is 30.3 Å². The maximum Gasteiger partial charge on any atom is 0.257 e. The molecule has 1 N–H and O–H groups in total. The van der Waals surface area contributed by atoms with Gasteiger partial charge in [-0.2, -0.15) is 5.10 Å². The summed E-state index contributed by atoms with van der Waals surface area (Å²) >= 11 is 0. The number of hydrogen-bond acceptors (Lipinski definition) is 2. The number of halogens is 2. The Morgan fingerprint density at radius 3 is 2.70 bits per heavy atom. The molecule has 1 aromatic heterocycles. The van der Waals surface area contributed by atoms with Crippen LogP contribution in [0.3, 0.4) is 0 Å². The number of rotatable bonds is 7. The summed E-state index contributed by atoms with van der Waals surface area (Å²) in [6.07, 6.45) is 0.241. The van der Waals surface area contributed by atoms with E-state index >= 15 is 0 Å². The number of hydrogen-bond donors (Lipinski definition) is 1. The first-order chi connectivity index (χ1) is 9.66. The molecule has 0 unspecified atom stereocenters. The summed E-state index contributed by atoms with van der Waals surface area (Å²) < 4.78 is 26.0. The molecule has 0 saturated carbocycles. The van der Waals surface area contributed by atoms with Gasteiger partial charge in [0.1, 0.15) is 6.54 Å². The minimum absolute atomic E-state index is 0.337. The van der Waals surface area contributed by atoms with E-state index in [0.717, 1.165) is 24.2 Å². The van der Waals surface area contributed by atoms with Gasteiger partial charge in [-0.05, 0) is 25.5 Å². The lowest BCUT2D eigenvalue weighted by molar-refractivity contribution is 0.121. The first-order valence-electron chi connectivity index (χ1n) is 6.71. The lowest BCUT2D eigenvalue weighted by atomic mass is 10.1. The van der Waals surface area contributed by atoms with Crippen LogP contribution in [-0.4, -0.2) is 22.8 Å². The zero-order chi connectivity index (χ0) is 14.4. The molecule has 0 bridgehead atoms. The Labute approximate surface area is 117 Å². The molecule has 2 aromatic rings. The molecule has 20 heavy (non-hydrogen) atoms. The van der Waals surface area contributed by atoms with Gasteiger partial charge in [0.2, 0.25) is 0 Å². The fourth-order valence-electron chi connectivity index (χ4n) is 2.07. The minimum Gasteiger partial charge on any atom is -0.312 e. The molecule has 0 fully saturated rings. The van der Waals surface area contributed by atoms with Crippen molar-refractivity contribution in [3.8, 4) is 0 Å². The lowest BCUT2D eigenvalue weighted by Gasteiger charge is -2.06. The molecule has 0 amide bonds. The van der Waals surface area contributed by atoms with Crippen LogP contribution in [0.1, 0.15) is 16.8 Å². The maximum atomic E-state index is 12.3. The molecule has 108 valence electrons. The van der Waals surface area contributed by atoms with Gasteiger partial charge in [0.25, 0.3) is 6.43 Å². The second-order valence-corrected chi connectivity index (χ2v) is 4.74. The predicted molar refractivity (Wildman–Crippen MR) is 74.8 cm³/mol. The second-order valence-electron chi connectivity index (χ2n) is 4.74. The molecule has 0 radical (unpaired) electrons. The van der Waals surface area contributed by atoms with Gasteiger partial charge in [-0.25, -0.2) is 8.78 Å². The molecule has 0 aliphatic rings. The average Bonchev–Trinajstić information content (AvgIpc) is 2.77. The normalized spacial score (nSPS) is 11.2. The summed E-state index contributed by atoms with van der Waals surface area (Å²) in [6, 6.07) is 10.2. The molecule has 2 rings (SSSR count). The van der Waals surface area contributed by atoms with Crippen LogP contribution < -0.4 is 5.32 Å². The Hall–Kier alpha value is -1.75. The third-order valence-corrected chi connectivity index (χ3v) is 3.26. The van der Waals surface area contributed by atoms with E-state index in [4.69, 9.17) is 0 Å². The zero-order valence-corrected chi connectivity index (χ0v) is 11.5. The maximum absolute atomic E-state index is 12.3. The molecule has 0 saturated heterocycles. The Morgan fingerprint density at radius 1 is 1.25 bits per heavy atom. The third-order valence-electron chi connectivity index (χ3n) is 3.26. The van der Waals surface area contributed by atoms with Crippen LogP contribution in [0.4, 0.5) is 8.78 Å². The predicted octanol–water partition coefficient (Wildman–Crippen LogP) is 2.79. The Bertz CT molecular complexity index is 523. The van der Waals surface area contributed by atoms with E-state index in [0.29, 0.717) is 6.54 Å². The van der Waals surface area contributed by atoms with Crippen LogP contribution >= 0.6 is 0 Å². The van der Waals surface area contributed by atoms with Gasteiger partial charge in [0.15, 0.2) is 0 Å². The van der Waals surface area contributed by atoms with Crippen molar-refractivity contribution in [1.29, 1.82) is 0 Å². The first-order valence-corrected chi connectivity index (χ1v) is 6.71. The van der Waals surface area contributed by atoms with Gasteiger partial charge in [0, 0.05) is 17.8 Å². The fraction of sp³-hybridized carbons (Fsp3) is 0.400. The van der Waals surface area contributed by atoms with Crippen molar-refractivity contribution in [2.75, 3.05) is 6.54 Å². The zero-order valence-electron chi connectivity index (χ0n) is 11.5. The quantitative estimate of drug-likeness (QED) is 0.790. The molecule has 3 nitrogen and oxygen atoms in total. The molecule has 0 aliphatic carbocycles. The van der Waals surface area contributed by atoms with E-state index in [2.05, 4.69) is 22.5 Å². The van der Waals surface area contributed by atoms with Crippen molar-refractivity contribution in [2.24, 2.45) is 0 Å². The van der Waals surface area contributed by atoms with Crippen LogP contribution in [0, 0.1) is 6.92 Å². The highest BCUT2D eigenvalue weighted by molar-refractivity contribution is 5.17. The molecule has 5 heteroatoms. The van der Waals surface area contributed by atoms with Crippen LogP contribution in [0.5, 0.6) is 0 Å². The van der Waals surface area contributed by atoms with Crippen LogP contribution in [0.25, 0.3) is 0 Å². The van der Waals surface area contributed by atoms with Crippen molar-refractivity contribution in [1.82, 2.24) is 15.1 Å². The van der Waals surface area contributed by atoms with Crippen molar-refractivity contribution in [2.45, 2.75) is 32.9 Å². The minimum atomic E-state index is -2.37. The molecular weight excluding hydrogens is 260 g/mol. The Balaban J connectivity index is 1.78. The van der Waals surface area contributed by atoms with Crippen molar-refractivity contribution >= 4 is 0 Å². The molecule has 0 aliphatic heterocycles. The van der Waals surface area contributed by atoms with Crippen molar-refractivity contribution in [3.63, 3.8) is 0 Å². The topological polar surface area (TPSA) is 29.9 Å². The largest absolute Gasteiger partial charge is 0.312 e. The highest BCUT2D eigenvalue weighted by Crippen LogP contribution is 2.09. The summed E-state index contributed by atoms with van der Waals surface area (Å²) in [7, 11) is 0. The van der Waals surface area contributed by atoms with Gasteiger partial charge in [0.05, 0.1) is 6.20 Å². The summed E-state index contributed by atoms with van der Waals surface area (Å²) in [6.45, 7) is 2.99. The van der Waals surface area contributed by atoms with Crippen molar-refractivity contribution in [3.05, 3.63) is 53.3 Å². The Morgan fingerprint density at radius 2 is 2.00 bits per heavy atom. The fourth-order valence-corrected chi connectivity index (χ4v) is 2.07. The number of nitrogens with one attached hydrogen (secondary N) is 1. The SMILES string of the molecule is Cc1c(CNCCc2ccccc2)cnn1CC(F)F. The monoisotopic (exact) mass is 279 g/mol. The second kappa shape index (κ2) is 7.14. The van der Waals surface area contributed by atoms with Gasteiger partial charge in [-0.15, -0.1) is 0 Å². The van der Waals surface area contributed by atoms with E-state index in [-0.39, 0.29) is 6.54 Å². The molecule has 0 spiro atoms. The van der Waals surface area contributed by atoms with Crippen LogP contribution in [0.15, 0.2) is 36.5 Å². The van der Waals surface area contributed by atoms with Crippen LogP contribution in [0.2, 0.25) is 0 Å². The van der Waals surface area contributed by atoms with Gasteiger partial charge in [-0.3, -0.25) is 4.68 Å². The van der Waals surface area contributed by atoms with Crippen LogP contribution in [-0.2, 0) is 19.5 Å². The number of aromatic nitrogens is 2. The van der Waals surface area contributed by atoms with E-state index < -0.39 is 6.43 Å². The number of alkyl halides is 2. The highest BCUT2D eigenvalue weighted by Gasteiger charge is 2.10. The Kier molecular flexibility index (Phi) is 5.24. The average molecular weight is 279 g/mol. The summed E-state index contributed by atoms with van der Waals surface area (Å²) in [4.78, 5) is 0. The molecule has 1 aromatic carbocycles. The van der Waals surface area contributed by atoms with Crippen molar-refractivity contribution < 1.29 is 8.78 Å². The number of nitrogens with zero attached hydrogens (tertiary/aromatic N) is 2. The summed E-state index contributed by atoms with van der Waals surface area (Å²) in [5.41, 5.74) is 3.06. The smallest absolute Gasteiger partial charge is 0.257 e. The van der Waals surface area contributed by atoms with Gasteiger partial charge < -0.3 is 5.32 Å². The lowest BCUT2D eigenvalue weighted by Crippen LogP contribution is -2.17. The summed E-state index contributed by atoms with van der Waals surface area (Å²) in [5.74, 6) is 0. The first kappa shape index (κ1) is 14.7. The van der Waals surface area contributed by atoms with E-state index in [9.17, 15) is 8.78 Å². The van der Waals surface area contributed by atoms with E-state index in [1.807, 2.05) is 25.1 Å². The van der Waals surface area contributed by atoms with E-state index in [1.165, 1.54) is 10.2 Å².